The van der Waals surface area contributed by atoms with E-state index in [1.165, 1.54) is 35.1 Å². The number of likely N-dealkylation sites (tertiary alicyclic amines) is 1. The second-order valence-electron chi connectivity index (χ2n) is 6.85. The molecule has 2 fully saturated rings. The molecule has 1 saturated carbocycles. The predicted octanol–water partition coefficient (Wildman–Crippen LogP) is 4.29. The van der Waals surface area contributed by atoms with Crippen molar-refractivity contribution in [3.05, 3.63) is 16.3 Å². The molecule has 6 heteroatoms. The van der Waals surface area contributed by atoms with Crippen LogP contribution < -0.4 is 0 Å². The van der Waals surface area contributed by atoms with E-state index >= 15 is 0 Å². The van der Waals surface area contributed by atoms with Crippen LogP contribution in [0.2, 0.25) is 0 Å². The number of hydrogen-bond donors (Lipinski definition) is 0. The number of thiophene rings is 1. The normalized spacial score (nSPS) is 18.3. The van der Waals surface area contributed by atoms with Crippen molar-refractivity contribution in [1.82, 2.24) is 14.9 Å². The quantitative estimate of drug-likeness (QED) is 0.602. The van der Waals surface area contributed by atoms with Crippen molar-refractivity contribution in [1.29, 1.82) is 0 Å². The van der Waals surface area contributed by atoms with Crippen LogP contribution in [0.3, 0.4) is 0 Å². The van der Waals surface area contributed by atoms with E-state index in [1.54, 1.807) is 23.1 Å². The fourth-order valence-corrected chi connectivity index (χ4v) is 5.32. The van der Waals surface area contributed by atoms with Crippen molar-refractivity contribution in [3.8, 4) is 0 Å². The highest BCUT2D eigenvalue weighted by atomic mass is 32.2. The zero-order valence-electron chi connectivity index (χ0n) is 14.3. The molecule has 1 aliphatic carbocycles. The maximum atomic E-state index is 12.5. The lowest BCUT2D eigenvalue weighted by molar-refractivity contribution is -0.129. The number of fused-ring (bicyclic) bond motifs is 1. The van der Waals surface area contributed by atoms with Gasteiger partial charge in [-0.25, -0.2) is 9.97 Å². The molecule has 3 heterocycles. The van der Waals surface area contributed by atoms with Crippen LogP contribution in [0.4, 0.5) is 0 Å². The van der Waals surface area contributed by atoms with Crippen LogP contribution in [0.15, 0.2) is 5.03 Å². The van der Waals surface area contributed by atoms with E-state index in [9.17, 15) is 4.79 Å². The first kappa shape index (κ1) is 16.3. The molecule has 0 bridgehead atoms. The van der Waals surface area contributed by atoms with Crippen molar-refractivity contribution in [3.63, 3.8) is 0 Å². The third-order valence-electron chi connectivity index (χ3n) is 5.00. The zero-order chi connectivity index (χ0) is 16.7. The molecule has 4 nitrogen and oxygen atoms in total. The lowest BCUT2D eigenvalue weighted by Gasteiger charge is -2.26. The van der Waals surface area contributed by atoms with E-state index in [2.05, 4.69) is 13.8 Å². The summed E-state index contributed by atoms with van der Waals surface area (Å²) in [6.45, 7) is 6.13. The van der Waals surface area contributed by atoms with Gasteiger partial charge in [0.25, 0.3) is 0 Å². The average molecular weight is 362 g/mol. The smallest absolute Gasteiger partial charge is 0.232 e. The number of aromatic nitrogens is 2. The fourth-order valence-electron chi connectivity index (χ4n) is 3.22. The lowest BCUT2D eigenvalue weighted by atomic mass is 10.1. The number of hydrogen-bond acceptors (Lipinski definition) is 5. The van der Waals surface area contributed by atoms with E-state index in [1.807, 2.05) is 4.90 Å². The number of carbonyl (C=O) groups excluding carboxylic acids is 1. The predicted molar refractivity (Wildman–Crippen MR) is 100 cm³/mol. The summed E-state index contributed by atoms with van der Waals surface area (Å²) in [4.78, 5) is 26.5. The maximum absolute atomic E-state index is 12.5. The second-order valence-corrected chi connectivity index (χ2v) is 9.02. The van der Waals surface area contributed by atoms with Gasteiger partial charge in [-0.3, -0.25) is 4.79 Å². The van der Waals surface area contributed by atoms with Gasteiger partial charge in [0.2, 0.25) is 5.91 Å². The molecule has 1 aliphatic heterocycles. The maximum Gasteiger partial charge on any atom is 0.232 e. The molecule has 24 heavy (non-hydrogen) atoms. The van der Waals surface area contributed by atoms with Crippen LogP contribution in [-0.2, 0) is 4.79 Å². The minimum Gasteiger partial charge on any atom is -0.342 e. The molecule has 4 rings (SSSR count). The lowest BCUT2D eigenvalue weighted by Crippen LogP contribution is -2.36. The Bertz CT molecular complexity index is 776. The summed E-state index contributed by atoms with van der Waals surface area (Å²) >= 11 is 3.36. The summed E-state index contributed by atoms with van der Waals surface area (Å²) in [5.41, 5.74) is 1.27. The summed E-state index contributed by atoms with van der Waals surface area (Å²) in [7, 11) is 0. The topological polar surface area (TPSA) is 46.1 Å². The number of thioether (sulfide) groups is 1. The highest BCUT2D eigenvalue weighted by molar-refractivity contribution is 8.00. The molecule has 2 aliphatic rings. The third-order valence-corrected chi connectivity index (χ3v) is 7.06. The molecule has 2 aromatic rings. The molecule has 0 spiro atoms. The van der Waals surface area contributed by atoms with Crippen LogP contribution >= 0.6 is 23.1 Å². The first-order valence-electron chi connectivity index (χ1n) is 8.81. The monoisotopic (exact) mass is 361 g/mol. The summed E-state index contributed by atoms with van der Waals surface area (Å²) < 4.78 is 0. The van der Waals surface area contributed by atoms with Crippen LogP contribution in [0.1, 0.15) is 54.3 Å². The minimum absolute atomic E-state index is 0.254. The molecule has 1 amide bonds. The standard InChI is InChI=1S/C18H23N3OS2/c1-11-12(2)24-18-15(11)17(19-16(20-18)13-6-7-13)23-10-14(22)21-8-4-3-5-9-21/h13H,3-10H2,1-2H3. The summed E-state index contributed by atoms with van der Waals surface area (Å²) in [5.74, 6) is 2.26. The molecule has 0 aromatic carbocycles. The molecule has 0 unspecified atom stereocenters. The van der Waals surface area contributed by atoms with Crippen molar-refractivity contribution < 1.29 is 4.79 Å². The second kappa shape index (κ2) is 6.64. The largest absolute Gasteiger partial charge is 0.342 e. The van der Waals surface area contributed by atoms with E-state index in [0.717, 1.165) is 41.6 Å². The van der Waals surface area contributed by atoms with Crippen LogP contribution in [-0.4, -0.2) is 39.6 Å². The van der Waals surface area contributed by atoms with Gasteiger partial charge in [-0.2, -0.15) is 0 Å². The van der Waals surface area contributed by atoms with Crippen molar-refractivity contribution >= 4 is 39.2 Å². The van der Waals surface area contributed by atoms with Gasteiger partial charge in [0.05, 0.1) is 5.75 Å². The Morgan fingerprint density at radius 3 is 2.67 bits per heavy atom. The van der Waals surface area contributed by atoms with Crippen LogP contribution in [0, 0.1) is 13.8 Å². The van der Waals surface area contributed by atoms with Gasteiger partial charge in [-0.15, -0.1) is 11.3 Å². The number of rotatable bonds is 4. The Morgan fingerprint density at radius 1 is 1.21 bits per heavy atom. The number of aryl methyl sites for hydroxylation is 2. The van der Waals surface area contributed by atoms with Gasteiger partial charge in [0, 0.05) is 29.3 Å². The Balaban J connectivity index is 1.58. The zero-order valence-corrected chi connectivity index (χ0v) is 15.9. The van der Waals surface area contributed by atoms with Crippen molar-refractivity contribution in [2.75, 3.05) is 18.8 Å². The van der Waals surface area contributed by atoms with Crippen LogP contribution in [0.25, 0.3) is 10.2 Å². The van der Waals surface area contributed by atoms with Gasteiger partial charge in [-0.1, -0.05) is 11.8 Å². The van der Waals surface area contributed by atoms with Gasteiger partial charge < -0.3 is 4.90 Å². The van der Waals surface area contributed by atoms with E-state index < -0.39 is 0 Å². The number of carbonyl (C=O) groups is 1. The van der Waals surface area contributed by atoms with Gasteiger partial charge in [0.15, 0.2) is 0 Å². The molecule has 2 aromatic heterocycles. The molecule has 128 valence electrons. The van der Waals surface area contributed by atoms with Gasteiger partial charge in [0.1, 0.15) is 15.7 Å². The minimum atomic E-state index is 0.254. The van der Waals surface area contributed by atoms with E-state index in [4.69, 9.17) is 9.97 Å². The van der Waals surface area contributed by atoms with Crippen molar-refractivity contribution in [2.45, 2.75) is 56.9 Å². The molecule has 0 N–H and O–H groups in total. The Kier molecular flexibility index (Phi) is 4.52. The summed E-state index contributed by atoms with van der Waals surface area (Å²) in [5, 5.41) is 2.17. The highest BCUT2D eigenvalue weighted by Gasteiger charge is 2.29. The number of piperidine rings is 1. The number of amides is 1. The summed E-state index contributed by atoms with van der Waals surface area (Å²) in [6, 6.07) is 0. The molecule has 1 saturated heterocycles. The number of nitrogens with zero attached hydrogens (tertiary/aromatic N) is 3. The first-order chi connectivity index (χ1) is 11.6. The SMILES string of the molecule is Cc1sc2nc(C3CC3)nc(SCC(=O)N3CCCCC3)c2c1C. The Hall–Kier alpha value is -1.14. The molecular weight excluding hydrogens is 338 g/mol. The van der Waals surface area contributed by atoms with Crippen molar-refractivity contribution in [2.24, 2.45) is 0 Å². The van der Waals surface area contributed by atoms with E-state index in [-0.39, 0.29) is 5.91 Å². The summed E-state index contributed by atoms with van der Waals surface area (Å²) in [6.07, 6.45) is 5.94. The third kappa shape index (κ3) is 3.18. The fraction of sp³-hybridized carbons (Fsp3) is 0.611. The Morgan fingerprint density at radius 2 is 1.96 bits per heavy atom. The van der Waals surface area contributed by atoms with Gasteiger partial charge in [-0.05, 0) is 51.5 Å². The highest BCUT2D eigenvalue weighted by Crippen LogP contribution is 2.42. The first-order valence-corrected chi connectivity index (χ1v) is 10.6. The van der Waals surface area contributed by atoms with Crippen LogP contribution in [0.5, 0.6) is 0 Å². The average Bonchev–Trinajstić information content (AvgIpc) is 3.40. The molecular formula is C18H23N3OS2. The van der Waals surface area contributed by atoms with Gasteiger partial charge >= 0.3 is 0 Å². The molecule has 0 atom stereocenters. The molecule has 0 radical (unpaired) electrons. The van der Waals surface area contributed by atoms with E-state index in [0.29, 0.717) is 11.7 Å². The Labute approximate surface area is 151 Å².